The van der Waals surface area contributed by atoms with Gasteiger partial charge in [-0.2, -0.15) is 0 Å². The van der Waals surface area contributed by atoms with Gasteiger partial charge >= 0.3 is 5.97 Å². The van der Waals surface area contributed by atoms with Crippen LogP contribution >= 0.6 is 0 Å². The molecule has 4 heteroatoms. The fourth-order valence-electron chi connectivity index (χ4n) is 11.1. The van der Waals surface area contributed by atoms with Crippen LogP contribution in [-0.2, 0) is 9.59 Å². The Bertz CT molecular complexity index is 919. The summed E-state index contributed by atoms with van der Waals surface area (Å²) >= 11 is 0. The first-order chi connectivity index (χ1) is 15.9. The number of Topliss-reactive ketones (excluding diaryl/α,β-unsaturated/α-hetero) is 1. The van der Waals surface area contributed by atoms with Crippen molar-refractivity contribution in [3.63, 3.8) is 0 Å². The topological polar surface area (TPSA) is 74.6 Å². The number of hydrogen-bond acceptors (Lipinski definition) is 3. The number of aliphatic hydroxyl groups is 1. The molecule has 0 bridgehead atoms. The Kier molecular flexibility index (Phi) is 5.53. The van der Waals surface area contributed by atoms with E-state index in [9.17, 15) is 19.8 Å². The Hall–Kier alpha value is -1.16. The van der Waals surface area contributed by atoms with Gasteiger partial charge in [0.1, 0.15) is 5.78 Å². The minimum Gasteiger partial charge on any atom is -0.478 e. The van der Waals surface area contributed by atoms with Crippen LogP contribution in [0.2, 0.25) is 0 Å². The van der Waals surface area contributed by atoms with Crippen molar-refractivity contribution in [3.8, 4) is 0 Å². The summed E-state index contributed by atoms with van der Waals surface area (Å²) in [6, 6.07) is 0. The number of ketones is 1. The smallest absolute Gasteiger partial charge is 0.333 e. The number of allylic oxidation sites excluding steroid dienone is 1. The predicted molar refractivity (Wildman–Crippen MR) is 133 cm³/mol. The highest BCUT2D eigenvalue weighted by Crippen LogP contribution is 2.88. The van der Waals surface area contributed by atoms with Crippen LogP contribution in [0.3, 0.4) is 0 Å². The monoisotopic (exact) mass is 470 g/mol. The molecular weight excluding hydrogens is 424 g/mol. The molecule has 0 aromatic rings. The highest BCUT2D eigenvalue weighted by molar-refractivity contribution is 5.86. The van der Waals surface area contributed by atoms with Gasteiger partial charge in [0.2, 0.25) is 0 Å². The number of carboxylic acid groups (broad SMARTS) is 1. The van der Waals surface area contributed by atoms with Gasteiger partial charge < -0.3 is 10.2 Å². The van der Waals surface area contributed by atoms with Crippen LogP contribution in [0.15, 0.2) is 11.6 Å². The minimum absolute atomic E-state index is 0.124. The zero-order valence-electron chi connectivity index (χ0n) is 22.1. The predicted octanol–water partition coefficient (Wildman–Crippen LogP) is 6.41. The van der Waals surface area contributed by atoms with Crippen LogP contribution < -0.4 is 0 Å². The summed E-state index contributed by atoms with van der Waals surface area (Å²) in [5, 5.41) is 18.5. The summed E-state index contributed by atoms with van der Waals surface area (Å²) in [6.45, 7) is 11.7. The molecule has 0 unspecified atom stereocenters. The summed E-state index contributed by atoms with van der Waals surface area (Å²) in [6.07, 6.45) is 14.6. The van der Waals surface area contributed by atoms with E-state index >= 15 is 0 Å². The molecule has 34 heavy (non-hydrogen) atoms. The number of aliphatic carboxylic acids is 1. The normalized spacial score (nSPS) is 47.8. The maximum atomic E-state index is 12.8. The second-order valence-corrected chi connectivity index (χ2v) is 14.0. The molecule has 2 spiro atoms. The third-order valence-electron chi connectivity index (χ3n) is 13.1. The first-order valence-corrected chi connectivity index (χ1v) is 14.0. The van der Waals surface area contributed by atoms with Gasteiger partial charge in [-0.25, -0.2) is 4.79 Å². The van der Waals surface area contributed by atoms with E-state index in [1.165, 1.54) is 44.9 Å². The molecule has 190 valence electrons. The minimum atomic E-state index is -1.00. The van der Waals surface area contributed by atoms with Crippen molar-refractivity contribution in [2.45, 2.75) is 105 Å². The average Bonchev–Trinajstić information content (AvgIpc) is 3.36. The van der Waals surface area contributed by atoms with Gasteiger partial charge in [-0.3, -0.25) is 4.79 Å². The standard InChI is InChI=1S/C30H46O4/c1-19(7-6-8-20(17-31)25(33)34)21-11-13-28(5)23-10-9-22-26(2,3)24(32)12-14-29(22)18-30(23,29)16-15-27(21,28)4/h8,19,21-23,31H,6-7,9-18H2,1-5H3,(H,33,34)/b20-8+/t19-,21-,22+,23+,27-,28+,29-,30+/m0/s1. The Labute approximate surface area is 206 Å². The summed E-state index contributed by atoms with van der Waals surface area (Å²) < 4.78 is 0. The van der Waals surface area contributed by atoms with Crippen molar-refractivity contribution in [2.24, 2.45) is 50.7 Å². The lowest BCUT2D eigenvalue weighted by molar-refractivity contribution is -0.157. The lowest BCUT2D eigenvalue weighted by Crippen LogP contribution is -2.57. The molecule has 0 saturated heterocycles. The quantitative estimate of drug-likeness (QED) is 0.440. The highest BCUT2D eigenvalue weighted by Gasteiger charge is 2.82. The van der Waals surface area contributed by atoms with E-state index in [-0.39, 0.29) is 11.0 Å². The molecule has 0 heterocycles. The SMILES string of the molecule is C[C@@H](CC/C=C(\CO)C(=O)O)[C@@H]1CC[C@]2(C)[C@H]3CC[C@@H]4C(C)(C)C(=O)CC[C@]45C[C@]35CC[C@@]12C. The largest absolute Gasteiger partial charge is 0.478 e. The van der Waals surface area contributed by atoms with E-state index in [2.05, 4.69) is 34.6 Å². The average molecular weight is 471 g/mol. The number of carboxylic acids is 1. The zero-order valence-corrected chi connectivity index (χ0v) is 22.1. The first-order valence-electron chi connectivity index (χ1n) is 14.0. The van der Waals surface area contributed by atoms with Crippen molar-refractivity contribution in [2.75, 3.05) is 6.61 Å². The van der Waals surface area contributed by atoms with Crippen molar-refractivity contribution in [3.05, 3.63) is 11.6 Å². The molecule has 5 aliphatic carbocycles. The van der Waals surface area contributed by atoms with Crippen LogP contribution in [-0.4, -0.2) is 28.6 Å². The van der Waals surface area contributed by atoms with Gasteiger partial charge in [0.25, 0.3) is 0 Å². The molecule has 5 saturated carbocycles. The summed E-state index contributed by atoms with van der Waals surface area (Å²) in [7, 11) is 0. The third-order valence-corrected chi connectivity index (χ3v) is 13.1. The molecule has 5 aliphatic rings. The van der Waals surface area contributed by atoms with Crippen LogP contribution in [0.25, 0.3) is 0 Å². The molecule has 0 aliphatic heterocycles. The number of aliphatic hydroxyl groups excluding tert-OH is 1. The molecule has 0 radical (unpaired) electrons. The molecule has 5 fully saturated rings. The van der Waals surface area contributed by atoms with E-state index < -0.39 is 12.6 Å². The maximum absolute atomic E-state index is 12.8. The summed E-state index contributed by atoms with van der Waals surface area (Å²) in [4.78, 5) is 24.1. The number of carbonyl (C=O) groups is 2. The molecular formula is C30H46O4. The molecule has 5 rings (SSSR count). The lowest BCUT2D eigenvalue weighted by atomic mass is 9.42. The molecule has 8 atom stereocenters. The number of fused-ring (bicyclic) bond motifs is 2. The van der Waals surface area contributed by atoms with Gasteiger partial charge in [-0.1, -0.05) is 40.7 Å². The van der Waals surface area contributed by atoms with Crippen LogP contribution in [0.5, 0.6) is 0 Å². The Morgan fingerprint density at radius 2 is 1.68 bits per heavy atom. The van der Waals surface area contributed by atoms with Crippen molar-refractivity contribution in [1.29, 1.82) is 0 Å². The van der Waals surface area contributed by atoms with Crippen molar-refractivity contribution < 1.29 is 19.8 Å². The van der Waals surface area contributed by atoms with Gasteiger partial charge in [-0.05, 0) is 110 Å². The van der Waals surface area contributed by atoms with Gasteiger partial charge in [0.05, 0.1) is 12.2 Å². The fourth-order valence-corrected chi connectivity index (χ4v) is 11.1. The Morgan fingerprint density at radius 1 is 1.00 bits per heavy atom. The van der Waals surface area contributed by atoms with Gasteiger partial charge in [-0.15, -0.1) is 0 Å². The summed E-state index contributed by atoms with van der Waals surface area (Å²) in [5.41, 5.74) is 1.62. The zero-order chi connectivity index (χ0) is 24.7. The second-order valence-electron chi connectivity index (χ2n) is 14.0. The Balaban J connectivity index is 1.36. The molecule has 2 N–H and O–H groups in total. The van der Waals surface area contributed by atoms with E-state index in [1.807, 2.05) is 0 Å². The van der Waals surface area contributed by atoms with E-state index in [0.717, 1.165) is 31.6 Å². The fraction of sp³-hybridized carbons (Fsp3) is 0.867. The maximum Gasteiger partial charge on any atom is 0.333 e. The van der Waals surface area contributed by atoms with E-state index in [0.29, 0.717) is 45.2 Å². The second kappa shape index (κ2) is 7.67. The third kappa shape index (κ3) is 2.93. The van der Waals surface area contributed by atoms with Gasteiger partial charge in [0.15, 0.2) is 0 Å². The molecule has 0 aromatic heterocycles. The van der Waals surface area contributed by atoms with Crippen molar-refractivity contribution >= 4 is 11.8 Å². The van der Waals surface area contributed by atoms with Crippen molar-refractivity contribution in [1.82, 2.24) is 0 Å². The van der Waals surface area contributed by atoms with Gasteiger partial charge in [0, 0.05) is 11.8 Å². The highest BCUT2D eigenvalue weighted by atomic mass is 16.4. The van der Waals surface area contributed by atoms with E-state index in [4.69, 9.17) is 0 Å². The lowest BCUT2D eigenvalue weighted by Gasteiger charge is -2.62. The summed E-state index contributed by atoms with van der Waals surface area (Å²) in [5.74, 6) is 2.12. The van der Waals surface area contributed by atoms with Crippen LogP contribution in [0.1, 0.15) is 105 Å². The molecule has 0 amide bonds. The van der Waals surface area contributed by atoms with E-state index in [1.54, 1.807) is 6.08 Å². The number of rotatable bonds is 6. The van der Waals surface area contributed by atoms with Crippen LogP contribution in [0.4, 0.5) is 0 Å². The molecule has 0 aromatic carbocycles. The Morgan fingerprint density at radius 3 is 2.35 bits per heavy atom. The van der Waals surface area contributed by atoms with Crippen LogP contribution in [0, 0.1) is 50.7 Å². The number of carbonyl (C=O) groups excluding carboxylic acids is 1. The molecule has 4 nitrogen and oxygen atoms in total. The number of hydrogen-bond donors (Lipinski definition) is 2. The first kappa shape index (κ1) is 24.5.